The first-order valence-corrected chi connectivity index (χ1v) is 11.2. The molecule has 3 aromatic rings. The van der Waals surface area contributed by atoms with Crippen molar-refractivity contribution in [2.45, 2.75) is 12.1 Å². The lowest BCUT2D eigenvalue weighted by Crippen LogP contribution is -2.37. The molecule has 9 heteroatoms. The number of esters is 1. The molecular formula is C25H18Cl2N2O5. The molecule has 0 radical (unpaired) electrons. The average molecular weight is 497 g/mol. The smallest absolute Gasteiger partial charge is 0.337 e. The van der Waals surface area contributed by atoms with Gasteiger partial charge in [-0.05, 0) is 54.1 Å². The highest BCUT2D eigenvalue weighted by Gasteiger charge is 2.60. The number of hydrogen-bond acceptors (Lipinski definition) is 6. The summed E-state index contributed by atoms with van der Waals surface area (Å²) in [7, 11) is 1.28. The second-order valence-electron chi connectivity index (χ2n) is 7.87. The Kier molecular flexibility index (Phi) is 5.77. The molecule has 0 bridgehead atoms. The van der Waals surface area contributed by atoms with E-state index in [0.717, 1.165) is 4.90 Å². The third kappa shape index (κ3) is 3.62. The largest absolute Gasteiger partial charge is 0.465 e. The molecule has 2 saturated heterocycles. The first kappa shape index (κ1) is 22.4. The van der Waals surface area contributed by atoms with Gasteiger partial charge in [0.25, 0.3) is 5.91 Å². The van der Waals surface area contributed by atoms with Crippen molar-refractivity contribution in [2.75, 3.05) is 17.1 Å². The van der Waals surface area contributed by atoms with Crippen molar-refractivity contribution in [2.24, 2.45) is 5.92 Å². The molecule has 2 fully saturated rings. The van der Waals surface area contributed by atoms with Gasteiger partial charge in [0.2, 0.25) is 5.91 Å². The number of para-hydroxylation sites is 1. The number of hydrogen-bond donors (Lipinski definition) is 0. The van der Waals surface area contributed by atoms with E-state index in [1.165, 1.54) is 31.4 Å². The number of nitrogens with zero attached hydrogens (tertiary/aromatic N) is 2. The van der Waals surface area contributed by atoms with Crippen LogP contribution in [0.25, 0.3) is 0 Å². The Morgan fingerprint density at radius 2 is 1.62 bits per heavy atom. The molecule has 0 saturated carbocycles. The van der Waals surface area contributed by atoms with Crippen LogP contribution in [0.5, 0.6) is 0 Å². The summed E-state index contributed by atoms with van der Waals surface area (Å²) in [5.41, 5.74) is 1.95. The van der Waals surface area contributed by atoms with Crippen LogP contribution in [-0.4, -0.2) is 31.0 Å². The Hall–Kier alpha value is -3.39. The van der Waals surface area contributed by atoms with E-state index < -0.39 is 35.8 Å². The van der Waals surface area contributed by atoms with Crippen molar-refractivity contribution in [3.8, 4) is 0 Å². The minimum atomic E-state index is -1.04. The van der Waals surface area contributed by atoms with E-state index in [1.54, 1.807) is 23.3 Å². The predicted octanol–water partition coefficient (Wildman–Crippen LogP) is 4.83. The van der Waals surface area contributed by atoms with Crippen LogP contribution in [0.1, 0.15) is 22.0 Å². The maximum atomic E-state index is 13.6. The quantitative estimate of drug-likeness (QED) is 0.380. The number of hydroxylamine groups is 1. The van der Waals surface area contributed by atoms with Crippen LogP contribution in [-0.2, 0) is 19.2 Å². The molecule has 34 heavy (non-hydrogen) atoms. The lowest BCUT2D eigenvalue weighted by atomic mass is 9.90. The number of fused-ring (bicyclic) bond motifs is 1. The van der Waals surface area contributed by atoms with Gasteiger partial charge in [-0.2, -0.15) is 0 Å². The summed E-state index contributed by atoms with van der Waals surface area (Å²) in [4.78, 5) is 46.0. The Bertz CT molecular complexity index is 1280. The minimum absolute atomic E-state index is 0.308. The third-order valence-corrected chi connectivity index (χ3v) is 6.52. The van der Waals surface area contributed by atoms with Crippen molar-refractivity contribution in [1.29, 1.82) is 0 Å². The summed E-state index contributed by atoms with van der Waals surface area (Å²) < 4.78 is 4.71. The van der Waals surface area contributed by atoms with Crippen LogP contribution in [0.4, 0.5) is 11.4 Å². The second kappa shape index (κ2) is 8.76. The van der Waals surface area contributed by atoms with Gasteiger partial charge in [-0.1, -0.05) is 47.5 Å². The van der Waals surface area contributed by atoms with Crippen LogP contribution < -0.4 is 9.96 Å². The lowest BCUT2D eigenvalue weighted by Gasteiger charge is -2.29. The summed E-state index contributed by atoms with van der Waals surface area (Å²) in [6.45, 7) is 0. The number of halogens is 2. The van der Waals surface area contributed by atoms with Crippen LogP contribution >= 0.6 is 23.2 Å². The monoisotopic (exact) mass is 496 g/mol. The van der Waals surface area contributed by atoms with E-state index in [2.05, 4.69) is 0 Å². The van der Waals surface area contributed by atoms with E-state index >= 15 is 0 Å². The van der Waals surface area contributed by atoms with Crippen LogP contribution in [0, 0.1) is 5.92 Å². The number of methoxy groups -OCH3 is 1. The number of imide groups is 1. The summed E-state index contributed by atoms with van der Waals surface area (Å²) >= 11 is 12.6. The van der Waals surface area contributed by atoms with Crippen molar-refractivity contribution >= 4 is 52.4 Å². The number of amides is 2. The van der Waals surface area contributed by atoms with E-state index in [4.69, 9.17) is 32.8 Å². The van der Waals surface area contributed by atoms with Gasteiger partial charge >= 0.3 is 5.97 Å². The molecule has 3 aromatic carbocycles. The number of rotatable bonds is 4. The molecule has 5 rings (SSSR count). The predicted molar refractivity (Wildman–Crippen MR) is 127 cm³/mol. The van der Waals surface area contributed by atoms with Gasteiger partial charge in [-0.25, -0.2) is 14.8 Å². The van der Waals surface area contributed by atoms with Gasteiger partial charge < -0.3 is 4.74 Å². The first-order chi connectivity index (χ1) is 16.4. The molecule has 172 valence electrons. The van der Waals surface area contributed by atoms with E-state index in [0.29, 0.717) is 32.5 Å². The number of ether oxygens (including phenoxy) is 1. The fourth-order valence-electron chi connectivity index (χ4n) is 4.39. The van der Waals surface area contributed by atoms with Crippen molar-refractivity contribution < 1.29 is 24.0 Å². The SMILES string of the molecule is COC(=O)c1ccc(N2C(=O)[C@H]3[C@@H](ON(c4ccccc4)[C@H]3c3ccc(Cl)cc3Cl)C2=O)cc1. The zero-order valence-electron chi connectivity index (χ0n) is 17.9. The summed E-state index contributed by atoms with van der Waals surface area (Å²) in [5, 5.41) is 2.39. The Balaban J connectivity index is 1.55. The van der Waals surface area contributed by atoms with Gasteiger partial charge in [0, 0.05) is 10.0 Å². The molecule has 2 aliphatic heterocycles. The number of carbonyl (C=O) groups excluding carboxylic acids is 3. The molecule has 2 aliphatic rings. The molecule has 0 spiro atoms. The van der Waals surface area contributed by atoms with Crippen LogP contribution in [0.2, 0.25) is 10.0 Å². The zero-order valence-corrected chi connectivity index (χ0v) is 19.4. The molecule has 0 unspecified atom stereocenters. The number of anilines is 2. The van der Waals surface area contributed by atoms with Gasteiger partial charge in [0.1, 0.15) is 5.92 Å². The molecule has 2 heterocycles. The normalized spacial score (nSPS) is 21.7. The maximum absolute atomic E-state index is 13.6. The zero-order chi connectivity index (χ0) is 24.0. The molecule has 2 amide bonds. The average Bonchev–Trinajstić information content (AvgIpc) is 3.35. The van der Waals surface area contributed by atoms with Gasteiger partial charge in [0.15, 0.2) is 6.10 Å². The van der Waals surface area contributed by atoms with Crippen LogP contribution in [0.3, 0.4) is 0 Å². The molecular weight excluding hydrogens is 479 g/mol. The molecule has 0 aromatic heterocycles. The second-order valence-corrected chi connectivity index (χ2v) is 8.72. The van der Waals surface area contributed by atoms with Crippen molar-refractivity contribution in [3.05, 3.63) is 94.0 Å². The van der Waals surface area contributed by atoms with Crippen LogP contribution in [0.15, 0.2) is 72.8 Å². The van der Waals surface area contributed by atoms with Gasteiger partial charge in [0.05, 0.1) is 30.1 Å². The van der Waals surface area contributed by atoms with Crippen molar-refractivity contribution in [3.63, 3.8) is 0 Å². The first-order valence-electron chi connectivity index (χ1n) is 10.4. The highest BCUT2D eigenvalue weighted by Crippen LogP contribution is 2.49. The minimum Gasteiger partial charge on any atom is -0.465 e. The van der Waals surface area contributed by atoms with E-state index in [9.17, 15) is 14.4 Å². The van der Waals surface area contributed by atoms with Gasteiger partial charge in [-0.3, -0.25) is 14.4 Å². The fourth-order valence-corrected chi connectivity index (χ4v) is 4.91. The van der Waals surface area contributed by atoms with Crippen molar-refractivity contribution in [1.82, 2.24) is 0 Å². The number of benzene rings is 3. The Morgan fingerprint density at radius 3 is 2.26 bits per heavy atom. The molecule has 7 nitrogen and oxygen atoms in total. The molecule has 0 N–H and O–H groups in total. The topological polar surface area (TPSA) is 76.2 Å². The Labute approximate surface area is 205 Å². The van der Waals surface area contributed by atoms with E-state index in [-0.39, 0.29) is 0 Å². The highest BCUT2D eigenvalue weighted by molar-refractivity contribution is 6.35. The lowest BCUT2D eigenvalue weighted by molar-refractivity contribution is -0.126. The summed E-state index contributed by atoms with van der Waals surface area (Å²) in [6.07, 6.45) is -1.04. The van der Waals surface area contributed by atoms with Gasteiger partial charge in [-0.15, -0.1) is 0 Å². The Morgan fingerprint density at radius 1 is 0.912 bits per heavy atom. The molecule has 3 atom stereocenters. The molecule has 0 aliphatic carbocycles. The summed E-state index contributed by atoms with van der Waals surface area (Å²) in [5.74, 6) is -2.27. The highest BCUT2D eigenvalue weighted by atomic mass is 35.5. The van der Waals surface area contributed by atoms with E-state index in [1.807, 2.05) is 30.3 Å². The summed E-state index contributed by atoms with van der Waals surface area (Å²) in [6, 6.07) is 19.6. The third-order valence-electron chi connectivity index (χ3n) is 5.95. The number of carbonyl (C=O) groups is 3. The standard InChI is InChI=1S/C25H18Cl2N2O5/c1-33-25(32)14-7-10-16(11-8-14)28-23(30)20-21(18-12-9-15(26)13-19(18)27)29(34-22(20)24(28)31)17-5-3-2-4-6-17/h2-13,20-22H,1H3/t20-,21+,22-/m1/s1. The maximum Gasteiger partial charge on any atom is 0.337 e. The fraction of sp³-hybridized carbons (Fsp3) is 0.160.